The van der Waals surface area contributed by atoms with E-state index in [2.05, 4.69) is 31.9 Å². The van der Waals surface area contributed by atoms with Crippen molar-refractivity contribution in [2.75, 3.05) is 12.4 Å². The average molecular weight is 590 g/mol. The Morgan fingerprint density at radius 3 is 2.30 bits per heavy atom. The minimum absolute atomic E-state index is 0.116. The summed E-state index contributed by atoms with van der Waals surface area (Å²) in [6.07, 6.45) is 0.321. The lowest BCUT2D eigenvalue weighted by Gasteiger charge is -2.22. The van der Waals surface area contributed by atoms with Gasteiger partial charge in [-0.3, -0.25) is 9.80 Å². The first-order chi connectivity index (χ1) is 20.2. The topological polar surface area (TPSA) is 88.3 Å². The minimum atomic E-state index is -4.62. The van der Waals surface area contributed by atoms with Gasteiger partial charge in [-0.2, -0.15) is 18.3 Å². The third kappa shape index (κ3) is 6.82. The number of anilines is 1. The van der Waals surface area contributed by atoms with E-state index in [0.717, 1.165) is 33.5 Å². The number of hydrazone groups is 1. The van der Waals surface area contributed by atoms with E-state index in [1.54, 1.807) is 50.7 Å². The molecule has 0 fully saturated rings. The van der Waals surface area contributed by atoms with Gasteiger partial charge in [0, 0.05) is 55.4 Å². The molecule has 0 amide bonds. The highest BCUT2D eigenvalue weighted by atomic mass is 19.4. The summed E-state index contributed by atoms with van der Waals surface area (Å²) in [7, 11) is 3.45. The molecule has 0 aromatic carbocycles. The van der Waals surface area contributed by atoms with Gasteiger partial charge in [-0.1, -0.05) is 24.3 Å². The Labute approximate surface area is 248 Å². The number of alkyl halides is 3. The van der Waals surface area contributed by atoms with Gasteiger partial charge >= 0.3 is 6.18 Å². The molecule has 8 nitrogen and oxygen atoms in total. The van der Waals surface area contributed by atoms with Gasteiger partial charge in [0.05, 0.1) is 23.3 Å². The summed E-state index contributed by atoms with van der Waals surface area (Å²) in [5.41, 5.74) is 4.63. The molecule has 43 heavy (non-hydrogen) atoms. The first kappa shape index (κ1) is 31.1. The van der Waals surface area contributed by atoms with Crippen LogP contribution < -0.4 is 10.9 Å². The smallest absolute Gasteiger partial charge is 0.377 e. The molecule has 3 aromatic rings. The molecule has 0 radical (unpaired) electrons. The van der Waals surface area contributed by atoms with E-state index in [-0.39, 0.29) is 16.9 Å². The molecule has 0 aliphatic carbocycles. The van der Waals surface area contributed by atoms with Crippen molar-refractivity contribution in [2.45, 2.75) is 46.8 Å². The Balaban J connectivity index is 1.84. The van der Waals surface area contributed by atoms with Crippen molar-refractivity contribution >= 4 is 17.5 Å². The normalized spacial score (nSPS) is 14.1. The second-order valence-electron chi connectivity index (χ2n) is 10.5. The molecule has 224 valence electrons. The van der Waals surface area contributed by atoms with Gasteiger partial charge in [0.25, 0.3) is 5.56 Å². The number of nitrogens with zero attached hydrogens (tertiary/aromatic N) is 6. The van der Waals surface area contributed by atoms with Crippen LogP contribution in [0.5, 0.6) is 0 Å². The Kier molecular flexibility index (Phi) is 8.84. The van der Waals surface area contributed by atoms with Gasteiger partial charge in [0.15, 0.2) is 11.5 Å². The van der Waals surface area contributed by atoms with E-state index in [9.17, 15) is 18.0 Å². The van der Waals surface area contributed by atoms with Gasteiger partial charge in [0.2, 0.25) is 0 Å². The standard InChI is InChI=1S/C32H34F3N7O/c1-18-9-12-29(43)41(7)28(24-15-36-31(37-16-24)26-17-38-42(8)23(6)21(26)4)14-19(2)25(13-18)22(5)40-27-11-10-20(3)39-30(27)32(33,34)35/h9-17,22,40H,6H2,1-5,7-8H3/t22-/m1/s1. The summed E-state index contributed by atoms with van der Waals surface area (Å²) in [6.45, 7) is 12.9. The SMILES string of the molecule is C=C1C(C)=C(c2ncc(-c3cc(C)c([C@@H](C)Nc4ccc(C)nc4C(F)(F)F)cc(C)ccc(=O)n3C)cn2)C=NN1C. The monoisotopic (exact) mass is 589 g/mol. The molecular formula is C32H34F3N7O. The summed E-state index contributed by atoms with van der Waals surface area (Å²) >= 11 is 0. The molecule has 3 aromatic heterocycles. The van der Waals surface area contributed by atoms with E-state index in [4.69, 9.17) is 0 Å². The highest BCUT2D eigenvalue weighted by molar-refractivity contribution is 6.11. The molecule has 0 spiro atoms. The number of nitrogens with one attached hydrogen (secondary N) is 1. The fraction of sp³-hybridized carbons (Fsp3) is 0.281. The minimum Gasteiger partial charge on any atom is -0.377 e. The van der Waals surface area contributed by atoms with Crippen LogP contribution in [0.1, 0.15) is 53.8 Å². The van der Waals surface area contributed by atoms with Crippen molar-refractivity contribution in [1.82, 2.24) is 24.5 Å². The van der Waals surface area contributed by atoms with Gasteiger partial charge in [0.1, 0.15) is 0 Å². The number of likely N-dealkylation sites (N-methyl/N-ethyl adjacent to an activating group) is 1. The first-order valence-corrected chi connectivity index (χ1v) is 13.6. The predicted octanol–water partition coefficient (Wildman–Crippen LogP) is 6.70. The Hall–Kier alpha value is -4.80. The molecular weight excluding hydrogens is 555 g/mol. The maximum absolute atomic E-state index is 13.8. The summed E-state index contributed by atoms with van der Waals surface area (Å²) in [6, 6.07) is 9.18. The van der Waals surface area contributed by atoms with Crippen molar-refractivity contribution in [2.24, 2.45) is 12.1 Å². The second-order valence-corrected chi connectivity index (χ2v) is 10.5. The number of aryl methyl sites for hydroxylation is 3. The molecule has 1 aliphatic rings. The fourth-order valence-electron chi connectivity index (χ4n) is 4.70. The maximum Gasteiger partial charge on any atom is 0.435 e. The maximum atomic E-state index is 13.8. The van der Waals surface area contributed by atoms with Gasteiger partial charge in [-0.05, 0) is 69.5 Å². The average Bonchev–Trinajstić information content (AvgIpc) is 2.96. The number of hydrogen-bond acceptors (Lipinski definition) is 7. The molecule has 4 heterocycles. The number of pyridine rings is 1. The van der Waals surface area contributed by atoms with Crippen LogP contribution in [0.25, 0.3) is 16.8 Å². The van der Waals surface area contributed by atoms with Crippen LogP contribution in [0, 0.1) is 20.8 Å². The van der Waals surface area contributed by atoms with E-state index in [0.29, 0.717) is 17.1 Å². The lowest BCUT2D eigenvalue weighted by atomic mass is 10.0. The fourth-order valence-corrected chi connectivity index (χ4v) is 4.70. The Morgan fingerprint density at radius 2 is 1.65 bits per heavy atom. The molecule has 11 heteroatoms. The quantitative estimate of drug-likeness (QED) is 0.357. The van der Waals surface area contributed by atoms with Crippen LogP contribution in [0.15, 0.2) is 76.5 Å². The van der Waals surface area contributed by atoms with E-state index in [1.165, 1.54) is 29.7 Å². The molecule has 1 N–H and O–H groups in total. The highest BCUT2D eigenvalue weighted by Gasteiger charge is 2.36. The number of aromatic nitrogens is 4. The number of halogens is 3. The van der Waals surface area contributed by atoms with Crippen LogP contribution in [-0.4, -0.2) is 37.8 Å². The summed E-state index contributed by atoms with van der Waals surface area (Å²) in [5.74, 6) is 0.463. The molecule has 4 rings (SSSR count). The molecule has 0 unspecified atom stereocenters. The zero-order valence-electron chi connectivity index (χ0n) is 25.2. The van der Waals surface area contributed by atoms with Gasteiger partial charge in [-0.25, -0.2) is 15.0 Å². The van der Waals surface area contributed by atoms with Crippen LogP contribution in [0.2, 0.25) is 0 Å². The van der Waals surface area contributed by atoms with E-state index in [1.807, 2.05) is 32.9 Å². The predicted molar refractivity (Wildman–Crippen MR) is 164 cm³/mol. The Bertz CT molecular complexity index is 1750. The van der Waals surface area contributed by atoms with Gasteiger partial charge < -0.3 is 9.88 Å². The van der Waals surface area contributed by atoms with Crippen molar-refractivity contribution in [3.05, 3.63) is 111 Å². The van der Waals surface area contributed by atoms with Crippen molar-refractivity contribution in [3.63, 3.8) is 0 Å². The summed E-state index contributed by atoms with van der Waals surface area (Å²) in [4.78, 5) is 25.9. The highest BCUT2D eigenvalue weighted by Crippen LogP contribution is 2.35. The first-order valence-electron chi connectivity index (χ1n) is 13.6. The number of allylic oxidation sites excluding steroid dienone is 2. The van der Waals surface area contributed by atoms with Crippen LogP contribution in [-0.2, 0) is 13.2 Å². The second kappa shape index (κ2) is 12.2. The van der Waals surface area contributed by atoms with Crippen molar-refractivity contribution < 1.29 is 13.2 Å². The van der Waals surface area contributed by atoms with Gasteiger partial charge in [-0.15, -0.1) is 0 Å². The molecule has 1 aliphatic heterocycles. The number of hydrogen-bond donors (Lipinski definition) is 1. The lowest BCUT2D eigenvalue weighted by molar-refractivity contribution is -0.140. The largest absolute Gasteiger partial charge is 0.435 e. The molecule has 0 saturated heterocycles. The van der Waals surface area contributed by atoms with Crippen molar-refractivity contribution in [1.29, 1.82) is 0 Å². The zero-order valence-corrected chi connectivity index (χ0v) is 25.2. The zero-order chi connectivity index (χ0) is 31.6. The van der Waals surface area contributed by atoms with Crippen LogP contribution >= 0.6 is 0 Å². The van der Waals surface area contributed by atoms with E-state index < -0.39 is 17.9 Å². The third-order valence-corrected chi connectivity index (χ3v) is 7.29. The lowest BCUT2D eigenvalue weighted by Crippen LogP contribution is -2.18. The summed E-state index contributed by atoms with van der Waals surface area (Å²) in [5, 5.41) is 8.98. The summed E-state index contributed by atoms with van der Waals surface area (Å²) < 4.78 is 42.9. The van der Waals surface area contributed by atoms with Crippen LogP contribution in [0.3, 0.4) is 0 Å². The Morgan fingerprint density at radius 1 is 0.977 bits per heavy atom. The van der Waals surface area contributed by atoms with Crippen molar-refractivity contribution in [3.8, 4) is 11.3 Å². The van der Waals surface area contributed by atoms with E-state index >= 15 is 0 Å². The van der Waals surface area contributed by atoms with Crippen LogP contribution in [0.4, 0.5) is 18.9 Å². The molecule has 1 atom stereocenters. The molecule has 0 saturated carbocycles. The third-order valence-electron chi connectivity index (χ3n) is 7.29. The molecule has 0 bridgehead atoms. The number of rotatable bonds is 5.